The number of carboxylic acids is 1. The number of hydrogen-bond donors (Lipinski definition) is 2. The number of carbonyl (C=O) groups excluding carboxylic acids is 1. The molecule has 0 saturated carbocycles. The molecule has 2 N–H and O–H groups in total. The van der Waals surface area contributed by atoms with Crippen LogP contribution in [0.25, 0.3) is 0 Å². The molecule has 36 heavy (non-hydrogen) atoms. The lowest BCUT2D eigenvalue weighted by Crippen LogP contribution is -2.50. The molecule has 12 heteroatoms. The first kappa shape index (κ1) is 25.6. The molecular weight excluding hydrogens is 504 g/mol. The van der Waals surface area contributed by atoms with Crippen LogP contribution in [0.1, 0.15) is 24.1 Å². The van der Waals surface area contributed by atoms with Crippen LogP contribution in [0.5, 0.6) is 0 Å². The van der Waals surface area contributed by atoms with E-state index in [1.807, 2.05) is 0 Å². The van der Waals surface area contributed by atoms with Crippen LogP contribution in [0, 0.1) is 23.3 Å². The van der Waals surface area contributed by atoms with Crippen LogP contribution in [-0.2, 0) is 9.59 Å². The van der Waals surface area contributed by atoms with E-state index in [0.717, 1.165) is 12.1 Å². The van der Waals surface area contributed by atoms with Gasteiger partial charge in [0.15, 0.2) is 0 Å². The Morgan fingerprint density at radius 3 is 2.44 bits per heavy atom. The van der Waals surface area contributed by atoms with Gasteiger partial charge in [-0.3, -0.25) is 14.7 Å². The lowest BCUT2D eigenvalue weighted by Gasteiger charge is -2.38. The van der Waals surface area contributed by atoms with E-state index in [2.05, 4.69) is 10.3 Å². The number of piperazine rings is 1. The van der Waals surface area contributed by atoms with E-state index in [-0.39, 0.29) is 53.2 Å². The van der Waals surface area contributed by atoms with Crippen molar-refractivity contribution in [3.63, 3.8) is 0 Å². The van der Waals surface area contributed by atoms with E-state index in [0.29, 0.717) is 25.2 Å². The maximum atomic E-state index is 14.9. The molecule has 1 unspecified atom stereocenters. The minimum absolute atomic E-state index is 0.0261. The van der Waals surface area contributed by atoms with Crippen LogP contribution in [0.15, 0.2) is 46.6 Å². The molecule has 0 bridgehead atoms. The predicted octanol–water partition coefficient (Wildman–Crippen LogP) is 3.49. The van der Waals surface area contributed by atoms with Gasteiger partial charge in [0.05, 0.1) is 17.7 Å². The number of amidine groups is 1. The number of nitrogens with zero attached hydrogens (tertiary/aromatic N) is 3. The minimum Gasteiger partial charge on any atom is -0.478 e. The number of hydrogen-bond acceptors (Lipinski definition) is 5. The maximum Gasteiger partial charge on any atom is 0.335 e. The Balaban J connectivity index is 1.96. The molecule has 2 aliphatic heterocycles. The first-order valence-corrected chi connectivity index (χ1v) is 11.4. The Labute approximate surface area is 208 Å². The summed E-state index contributed by atoms with van der Waals surface area (Å²) >= 11 is 6.24. The summed E-state index contributed by atoms with van der Waals surface area (Å²) in [6.07, 6.45) is 0. The quantitative estimate of drug-likeness (QED) is 0.565. The molecule has 4 rings (SSSR count). The zero-order valence-corrected chi connectivity index (χ0v) is 19.8. The highest BCUT2D eigenvalue weighted by atomic mass is 35.5. The molecule has 0 aliphatic carbocycles. The molecular formula is C24H21ClF4N4O3. The molecule has 0 radical (unpaired) electrons. The molecule has 1 saturated heterocycles. The number of carboxylic acid groups (broad SMARTS) is 1. The number of benzene rings is 2. The molecule has 2 aromatic rings. The molecule has 1 fully saturated rings. The number of aliphatic imine (C=N–C) groups is 1. The number of amides is 1. The van der Waals surface area contributed by atoms with E-state index in [1.165, 1.54) is 11.0 Å². The summed E-state index contributed by atoms with van der Waals surface area (Å²) in [4.78, 5) is 31.9. The van der Waals surface area contributed by atoms with Crippen molar-refractivity contribution in [2.24, 2.45) is 4.99 Å². The SMILES string of the molecule is CCN1C(c2c(F)cc(F)cc2F)=NC(c2ccc(F)cc2Cl)C(C(=O)O)=C1CN1CCNC(=O)C1. The highest BCUT2D eigenvalue weighted by Gasteiger charge is 2.38. The van der Waals surface area contributed by atoms with Gasteiger partial charge in [0, 0.05) is 54.6 Å². The fourth-order valence-electron chi connectivity index (χ4n) is 4.38. The van der Waals surface area contributed by atoms with Crippen LogP contribution < -0.4 is 5.32 Å². The Hall–Kier alpha value is -3.44. The summed E-state index contributed by atoms with van der Waals surface area (Å²) in [5, 5.41) is 12.8. The standard InChI is InChI=1S/C24H21ClF4N4O3/c1-2-33-18(10-32-6-5-30-19(34)11-32)21(24(35)36)22(14-4-3-12(26)7-15(14)25)31-23(33)20-16(28)8-13(27)9-17(20)29/h3-4,7-9,22H,2,5-6,10-11H2,1H3,(H,30,34)(H,35,36). The van der Waals surface area contributed by atoms with Crippen molar-refractivity contribution in [1.82, 2.24) is 15.1 Å². The van der Waals surface area contributed by atoms with Gasteiger partial charge in [0.1, 0.15) is 35.1 Å². The number of rotatable bonds is 6. The molecule has 2 aliphatic rings. The average molecular weight is 525 g/mol. The highest BCUT2D eigenvalue weighted by molar-refractivity contribution is 6.31. The third-order valence-electron chi connectivity index (χ3n) is 5.94. The van der Waals surface area contributed by atoms with Gasteiger partial charge >= 0.3 is 5.97 Å². The Bertz CT molecular complexity index is 1280. The first-order chi connectivity index (χ1) is 17.1. The predicted molar refractivity (Wildman–Crippen MR) is 123 cm³/mol. The average Bonchev–Trinajstić information content (AvgIpc) is 2.78. The number of carbonyl (C=O) groups is 2. The van der Waals surface area contributed by atoms with Gasteiger partial charge in [-0.05, 0) is 19.1 Å². The van der Waals surface area contributed by atoms with Gasteiger partial charge in [-0.15, -0.1) is 0 Å². The summed E-state index contributed by atoms with van der Waals surface area (Å²) in [6.45, 7) is 2.31. The van der Waals surface area contributed by atoms with E-state index in [1.54, 1.807) is 11.8 Å². The fourth-order valence-corrected chi connectivity index (χ4v) is 4.65. The van der Waals surface area contributed by atoms with Crippen molar-refractivity contribution >= 4 is 29.3 Å². The van der Waals surface area contributed by atoms with Crippen molar-refractivity contribution in [1.29, 1.82) is 0 Å². The van der Waals surface area contributed by atoms with Crippen LogP contribution in [0.2, 0.25) is 5.02 Å². The summed E-state index contributed by atoms with van der Waals surface area (Å²) < 4.78 is 57.2. The van der Waals surface area contributed by atoms with Crippen molar-refractivity contribution < 1.29 is 32.3 Å². The minimum atomic E-state index is -1.38. The lowest BCUT2D eigenvalue weighted by atomic mass is 9.93. The Morgan fingerprint density at radius 1 is 1.17 bits per heavy atom. The number of halogens is 5. The molecule has 1 amide bonds. The second kappa shape index (κ2) is 10.3. The van der Waals surface area contributed by atoms with Crippen molar-refractivity contribution in [3.8, 4) is 0 Å². The van der Waals surface area contributed by atoms with Gasteiger partial charge in [-0.2, -0.15) is 0 Å². The largest absolute Gasteiger partial charge is 0.478 e. The molecule has 2 aromatic carbocycles. The molecule has 0 spiro atoms. The van der Waals surface area contributed by atoms with E-state index in [4.69, 9.17) is 11.6 Å². The third-order valence-corrected chi connectivity index (χ3v) is 6.27. The van der Waals surface area contributed by atoms with Gasteiger partial charge in [-0.25, -0.2) is 22.4 Å². The fraction of sp³-hybridized carbons (Fsp3) is 0.292. The highest BCUT2D eigenvalue weighted by Crippen LogP contribution is 2.39. The molecule has 0 aromatic heterocycles. The van der Waals surface area contributed by atoms with Crippen LogP contribution >= 0.6 is 11.6 Å². The van der Waals surface area contributed by atoms with Crippen LogP contribution in [-0.4, -0.2) is 65.3 Å². The number of nitrogens with one attached hydrogen (secondary N) is 1. The van der Waals surface area contributed by atoms with Crippen LogP contribution in [0.4, 0.5) is 17.6 Å². The van der Waals surface area contributed by atoms with Gasteiger partial charge < -0.3 is 15.3 Å². The first-order valence-electron chi connectivity index (χ1n) is 11.0. The van der Waals surface area contributed by atoms with Crippen LogP contribution in [0.3, 0.4) is 0 Å². The van der Waals surface area contributed by atoms with E-state index < -0.39 is 40.8 Å². The smallest absolute Gasteiger partial charge is 0.335 e. The molecule has 1 atom stereocenters. The number of likely N-dealkylation sites (N-methyl/N-ethyl adjacent to an activating group) is 1. The number of aliphatic carboxylic acids is 1. The van der Waals surface area contributed by atoms with Gasteiger partial charge in [-0.1, -0.05) is 17.7 Å². The summed E-state index contributed by atoms with van der Waals surface area (Å²) in [5.74, 6) is -6.19. The summed E-state index contributed by atoms with van der Waals surface area (Å²) in [5.41, 5.74) is -0.679. The maximum absolute atomic E-state index is 14.9. The topological polar surface area (TPSA) is 85.2 Å². The summed E-state index contributed by atoms with van der Waals surface area (Å²) in [7, 11) is 0. The lowest BCUT2D eigenvalue weighted by molar-refractivity contribution is -0.133. The van der Waals surface area contributed by atoms with Gasteiger partial charge in [0.25, 0.3) is 0 Å². The van der Waals surface area contributed by atoms with Crippen molar-refractivity contribution in [2.45, 2.75) is 13.0 Å². The van der Waals surface area contributed by atoms with Crippen molar-refractivity contribution in [2.75, 3.05) is 32.7 Å². The monoisotopic (exact) mass is 524 g/mol. The zero-order chi connectivity index (χ0) is 26.1. The van der Waals surface area contributed by atoms with Gasteiger partial charge in [0.2, 0.25) is 5.91 Å². The van der Waals surface area contributed by atoms with Crippen molar-refractivity contribution in [3.05, 3.63) is 81.0 Å². The molecule has 190 valence electrons. The normalized spacial score (nSPS) is 18.8. The Morgan fingerprint density at radius 2 is 1.86 bits per heavy atom. The molecule has 2 heterocycles. The van der Waals surface area contributed by atoms with E-state index >= 15 is 0 Å². The molecule has 7 nitrogen and oxygen atoms in total. The third kappa shape index (κ3) is 4.93. The second-order valence-corrected chi connectivity index (χ2v) is 8.64. The summed E-state index contributed by atoms with van der Waals surface area (Å²) in [6, 6.07) is 2.92. The van der Waals surface area contributed by atoms with E-state index in [9.17, 15) is 32.3 Å². The second-order valence-electron chi connectivity index (χ2n) is 8.24. The Kier molecular flexibility index (Phi) is 7.32. The zero-order valence-electron chi connectivity index (χ0n) is 19.0.